The summed E-state index contributed by atoms with van der Waals surface area (Å²) in [7, 11) is 0. The van der Waals surface area contributed by atoms with Gasteiger partial charge in [-0.3, -0.25) is 9.97 Å². The maximum atomic E-state index is 4.25. The molecule has 0 aliphatic rings. The fourth-order valence-corrected chi connectivity index (χ4v) is 2.28. The van der Waals surface area contributed by atoms with E-state index in [-0.39, 0.29) is 0 Å². The van der Waals surface area contributed by atoms with Gasteiger partial charge in [0.2, 0.25) is 0 Å². The second-order valence-corrected chi connectivity index (χ2v) is 8.48. The summed E-state index contributed by atoms with van der Waals surface area (Å²) in [6, 6.07) is 11.1. The molecule has 0 fully saturated rings. The second kappa shape index (κ2) is 16.8. The first kappa shape index (κ1) is 31.2. The number of nitrogens with zero attached hydrogens (tertiary/aromatic N) is 12. The Bertz CT molecular complexity index is 1330. The molecule has 0 bridgehead atoms. The number of pyridine rings is 2. The van der Waals surface area contributed by atoms with Crippen molar-refractivity contribution in [1.29, 1.82) is 0 Å². The lowest BCUT2D eigenvalue weighted by atomic mass is 10.3. The van der Waals surface area contributed by atoms with Gasteiger partial charge in [-0.05, 0) is 79.7 Å². The van der Waals surface area contributed by atoms with Crippen molar-refractivity contribution in [2.75, 3.05) is 0 Å². The lowest BCUT2D eigenvalue weighted by Crippen LogP contribution is -2.10. The monoisotopic (exact) mass is 538 g/mol. The number of hydrogen-bond donors (Lipinski definition) is 0. The Morgan fingerprint density at radius 2 is 0.700 bits per heavy atom. The first-order valence-electron chi connectivity index (χ1n) is 12.4. The van der Waals surface area contributed by atoms with E-state index in [4.69, 9.17) is 0 Å². The minimum atomic E-state index is 0.611. The minimum Gasteiger partial charge on any atom is -0.255 e. The van der Waals surface area contributed by atoms with Gasteiger partial charge >= 0.3 is 0 Å². The molecule has 0 atom stereocenters. The topological polar surface area (TPSA) is 149 Å². The minimum absolute atomic E-state index is 0.611. The fraction of sp³-hybridized carbons (Fsp3) is 0.286. The largest absolute Gasteiger partial charge is 0.255 e. The van der Waals surface area contributed by atoms with E-state index in [0.29, 0.717) is 45.7 Å². The van der Waals surface area contributed by atoms with Crippen molar-refractivity contribution in [3.63, 3.8) is 0 Å². The van der Waals surface area contributed by atoms with E-state index < -0.39 is 0 Å². The van der Waals surface area contributed by atoms with E-state index in [1.165, 1.54) is 0 Å². The Kier molecular flexibility index (Phi) is 13.1. The molecule has 0 unspecified atom stereocenters. The van der Waals surface area contributed by atoms with Crippen LogP contribution in [0.15, 0.2) is 99.8 Å². The van der Waals surface area contributed by atoms with Crippen molar-refractivity contribution < 1.29 is 0 Å². The zero-order chi connectivity index (χ0) is 29.3. The molecule has 0 aliphatic heterocycles. The number of rotatable bonds is 11. The van der Waals surface area contributed by atoms with Gasteiger partial charge in [0.25, 0.3) is 0 Å². The van der Waals surface area contributed by atoms with E-state index >= 15 is 0 Å². The van der Waals surface area contributed by atoms with Gasteiger partial charge in [0, 0.05) is 12.4 Å². The van der Waals surface area contributed by atoms with E-state index in [2.05, 4.69) is 61.0 Å². The molecule has 0 radical (unpaired) electrons. The molecule has 0 aliphatic carbocycles. The molecular formula is C28H34N12. The predicted octanol–water partition coefficient (Wildman–Crippen LogP) is 5.28. The molecule has 12 heteroatoms. The van der Waals surface area contributed by atoms with Crippen LogP contribution < -0.4 is 0 Å². The normalized spacial score (nSPS) is 15.5. The van der Waals surface area contributed by atoms with Crippen LogP contribution in [0.25, 0.3) is 0 Å². The smallest absolute Gasteiger partial charge is 0.0831 e. The molecule has 0 amide bonds. The Labute approximate surface area is 234 Å². The zero-order valence-corrected chi connectivity index (χ0v) is 24.1. The zero-order valence-electron chi connectivity index (χ0n) is 24.1. The van der Waals surface area contributed by atoms with Crippen molar-refractivity contribution in [3.05, 3.63) is 60.2 Å². The van der Waals surface area contributed by atoms with E-state index in [0.717, 1.165) is 11.4 Å². The van der Waals surface area contributed by atoms with Crippen molar-refractivity contribution in [3.8, 4) is 0 Å². The summed E-state index contributed by atoms with van der Waals surface area (Å²) in [6.07, 6.45) is 6.55. The van der Waals surface area contributed by atoms with E-state index in [1.54, 1.807) is 52.5 Å². The summed E-state index contributed by atoms with van der Waals surface area (Å²) >= 11 is 0. The van der Waals surface area contributed by atoms with Crippen LogP contribution in [0.2, 0.25) is 0 Å². The first-order chi connectivity index (χ1) is 19.2. The van der Waals surface area contributed by atoms with Crippen LogP contribution in [-0.4, -0.2) is 68.1 Å². The summed E-state index contributed by atoms with van der Waals surface area (Å²) < 4.78 is 0. The summed E-state index contributed by atoms with van der Waals surface area (Å²) in [6.45, 7) is 14.5. The van der Waals surface area contributed by atoms with Gasteiger partial charge in [-0.2, -0.15) is 51.0 Å². The Morgan fingerprint density at radius 3 is 0.950 bits per heavy atom. The summed E-state index contributed by atoms with van der Waals surface area (Å²) in [5, 5.41) is 41.8. The molecule has 0 saturated heterocycles. The van der Waals surface area contributed by atoms with Crippen LogP contribution >= 0.6 is 0 Å². The molecule has 0 saturated carbocycles. The molecule has 0 N–H and O–H groups in total. The Balaban J connectivity index is 2.01. The molecule has 0 spiro atoms. The molecule has 12 nitrogen and oxygen atoms in total. The highest BCUT2D eigenvalue weighted by atomic mass is 15.3. The predicted molar refractivity (Wildman–Crippen MR) is 169 cm³/mol. The maximum Gasteiger partial charge on any atom is 0.0831 e. The molecular weight excluding hydrogens is 504 g/mol. The van der Waals surface area contributed by atoms with Crippen LogP contribution in [0.4, 0.5) is 0 Å². The molecule has 0 aromatic carbocycles. The lowest BCUT2D eigenvalue weighted by molar-refractivity contribution is 1.19. The van der Waals surface area contributed by atoms with Gasteiger partial charge in [-0.25, -0.2) is 0 Å². The van der Waals surface area contributed by atoms with Crippen LogP contribution in [0.3, 0.4) is 0 Å². The maximum absolute atomic E-state index is 4.25. The highest BCUT2D eigenvalue weighted by Crippen LogP contribution is 1.96. The molecule has 206 valence electrons. The van der Waals surface area contributed by atoms with Gasteiger partial charge in [0.1, 0.15) is 0 Å². The average molecular weight is 539 g/mol. The van der Waals surface area contributed by atoms with Crippen LogP contribution in [-0.2, 0) is 0 Å². The molecule has 2 heterocycles. The van der Waals surface area contributed by atoms with Crippen molar-refractivity contribution in [2.24, 2.45) is 51.0 Å². The average Bonchev–Trinajstić information content (AvgIpc) is 2.97. The highest BCUT2D eigenvalue weighted by molar-refractivity contribution is 6.44. The third-order valence-electron chi connectivity index (χ3n) is 5.32. The SMILES string of the molecule is CC(=N/N=C\c1ccccn1)/C(C)=N/N=C(C)\C(C)=N\N=C(C)/C(C)=N/N=C(C)\C(C)=N\N=C\c1ccccn1. The number of hydrogen-bond acceptors (Lipinski definition) is 12. The van der Waals surface area contributed by atoms with Crippen molar-refractivity contribution >= 4 is 58.1 Å². The van der Waals surface area contributed by atoms with Gasteiger partial charge in [0.05, 0.1) is 69.5 Å². The van der Waals surface area contributed by atoms with E-state index in [9.17, 15) is 0 Å². The summed E-state index contributed by atoms with van der Waals surface area (Å²) in [4.78, 5) is 8.33. The third kappa shape index (κ3) is 11.6. The van der Waals surface area contributed by atoms with Crippen LogP contribution in [0.5, 0.6) is 0 Å². The quantitative estimate of drug-likeness (QED) is 0.283. The molecule has 40 heavy (non-hydrogen) atoms. The van der Waals surface area contributed by atoms with E-state index in [1.807, 2.05) is 64.1 Å². The Hall–Kier alpha value is -5.00. The third-order valence-corrected chi connectivity index (χ3v) is 5.32. The van der Waals surface area contributed by atoms with Crippen LogP contribution in [0.1, 0.15) is 66.8 Å². The molecule has 2 aromatic rings. The number of aromatic nitrogens is 2. The molecule has 2 aromatic heterocycles. The first-order valence-corrected chi connectivity index (χ1v) is 12.4. The fourth-order valence-electron chi connectivity index (χ4n) is 2.28. The highest BCUT2D eigenvalue weighted by Gasteiger charge is 2.02. The van der Waals surface area contributed by atoms with Crippen LogP contribution in [0, 0.1) is 0 Å². The van der Waals surface area contributed by atoms with Gasteiger partial charge < -0.3 is 0 Å². The van der Waals surface area contributed by atoms with Gasteiger partial charge in [0.15, 0.2) is 0 Å². The second-order valence-electron chi connectivity index (χ2n) is 8.48. The standard InChI is InChI=1S/C28H34N12/c1-19(33-31-17-27-13-9-11-15-29-27)21(3)35-37-23(5)25(7)39-40-26(8)24(6)38-36-22(4)20(2)34-32-18-28-14-10-12-16-30-28/h9-18H,1-8H3/b31-17-,32-18+,33-19-,34-20+,35-21+,36-22-,37-23-,38-24+,39-25+,40-26-. The van der Waals surface area contributed by atoms with Gasteiger partial charge in [-0.1, -0.05) is 12.1 Å². The van der Waals surface area contributed by atoms with Gasteiger partial charge in [-0.15, -0.1) is 0 Å². The molecule has 2 rings (SSSR count). The lowest BCUT2D eigenvalue weighted by Gasteiger charge is -1.99. The van der Waals surface area contributed by atoms with Crippen molar-refractivity contribution in [2.45, 2.75) is 55.4 Å². The summed E-state index contributed by atoms with van der Waals surface area (Å²) in [5.74, 6) is 0. The summed E-state index contributed by atoms with van der Waals surface area (Å²) in [5.41, 5.74) is 6.41. The van der Waals surface area contributed by atoms with Crippen molar-refractivity contribution in [1.82, 2.24) is 9.97 Å². The Morgan fingerprint density at radius 1 is 0.425 bits per heavy atom.